The van der Waals surface area contributed by atoms with Crippen molar-refractivity contribution in [3.05, 3.63) is 29.8 Å². The summed E-state index contributed by atoms with van der Waals surface area (Å²) in [4.78, 5) is 2.49. The summed E-state index contributed by atoms with van der Waals surface area (Å²) in [6, 6.07) is 8.95. The van der Waals surface area contributed by atoms with E-state index in [4.69, 9.17) is 0 Å². The van der Waals surface area contributed by atoms with Gasteiger partial charge in [0, 0.05) is 23.8 Å². The predicted molar refractivity (Wildman–Crippen MR) is 77.0 cm³/mol. The van der Waals surface area contributed by atoms with Crippen LogP contribution in [0.1, 0.15) is 57.6 Å². The van der Waals surface area contributed by atoms with E-state index in [1.54, 1.807) is 0 Å². The Morgan fingerprint density at radius 2 is 1.89 bits per heavy atom. The van der Waals surface area contributed by atoms with Crippen molar-refractivity contribution in [3.8, 4) is 0 Å². The van der Waals surface area contributed by atoms with Gasteiger partial charge in [0.25, 0.3) is 0 Å². The van der Waals surface area contributed by atoms with Crippen molar-refractivity contribution in [1.82, 2.24) is 0 Å². The molecule has 0 heterocycles. The molecule has 1 N–H and O–H groups in total. The van der Waals surface area contributed by atoms with Gasteiger partial charge in [-0.25, -0.2) is 0 Å². The average Bonchev–Trinajstić information content (AvgIpc) is 2.41. The molecule has 2 rings (SSSR count). The van der Waals surface area contributed by atoms with Crippen LogP contribution in [0.4, 0.5) is 5.69 Å². The molecule has 1 aromatic carbocycles. The smallest absolute Gasteiger partial charge is 0.0781 e. The van der Waals surface area contributed by atoms with Crippen LogP contribution in [0, 0.1) is 0 Å². The molecule has 0 bridgehead atoms. The van der Waals surface area contributed by atoms with Crippen LogP contribution in [0.3, 0.4) is 0 Å². The van der Waals surface area contributed by atoms with Crippen molar-refractivity contribution in [3.63, 3.8) is 0 Å². The number of hydrogen-bond acceptors (Lipinski definition) is 2. The molecular weight excluding hydrogens is 222 g/mol. The average molecular weight is 247 g/mol. The molecule has 2 nitrogen and oxygen atoms in total. The van der Waals surface area contributed by atoms with Crippen LogP contribution in [-0.4, -0.2) is 17.7 Å². The lowest BCUT2D eigenvalue weighted by Crippen LogP contribution is -2.37. The van der Waals surface area contributed by atoms with E-state index in [0.717, 1.165) is 12.1 Å². The molecule has 1 aliphatic rings. The number of benzene rings is 1. The summed E-state index contributed by atoms with van der Waals surface area (Å²) in [6.45, 7) is 5.09. The zero-order chi connectivity index (χ0) is 13.0. The van der Waals surface area contributed by atoms with E-state index in [0.29, 0.717) is 6.04 Å². The Balaban J connectivity index is 2.26. The maximum Gasteiger partial charge on any atom is 0.0781 e. The van der Waals surface area contributed by atoms with Gasteiger partial charge in [-0.1, -0.05) is 37.5 Å². The number of para-hydroxylation sites is 1. The van der Waals surface area contributed by atoms with Gasteiger partial charge in [0.2, 0.25) is 0 Å². The Morgan fingerprint density at radius 1 is 1.22 bits per heavy atom. The number of anilines is 1. The zero-order valence-electron chi connectivity index (χ0n) is 11.6. The Kier molecular flexibility index (Phi) is 4.65. The molecule has 0 spiro atoms. The number of nitrogens with zero attached hydrogens (tertiary/aromatic N) is 1. The SMILES string of the molecule is CCN(c1ccccc1C(C)O)C1CCCCC1. The van der Waals surface area contributed by atoms with Gasteiger partial charge in [0.05, 0.1) is 6.10 Å². The van der Waals surface area contributed by atoms with E-state index in [1.165, 1.54) is 37.8 Å². The van der Waals surface area contributed by atoms with Gasteiger partial charge in [-0.2, -0.15) is 0 Å². The first-order valence-corrected chi connectivity index (χ1v) is 7.27. The fourth-order valence-corrected chi connectivity index (χ4v) is 3.12. The normalized spacial score (nSPS) is 18.6. The van der Waals surface area contributed by atoms with Crippen molar-refractivity contribution in [1.29, 1.82) is 0 Å². The highest BCUT2D eigenvalue weighted by atomic mass is 16.3. The lowest BCUT2D eigenvalue weighted by Gasteiger charge is -2.37. The summed E-state index contributed by atoms with van der Waals surface area (Å²) >= 11 is 0. The van der Waals surface area contributed by atoms with Crippen LogP contribution in [-0.2, 0) is 0 Å². The zero-order valence-corrected chi connectivity index (χ0v) is 11.6. The first kappa shape index (κ1) is 13.4. The number of aliphatic hydroxyl groups is 1. The molecule has 1 aromatic rings. The molecule has 100 valence electrons. The van der Waals surface area contributed by atoms with Crippen LogP contribution in [0.2, 0.25) is 0 Å². The highest BCUT2D eigenvalue weighted by Crippen LogP contribution is 2.32. The number of hydrogen-bond donors (Lipinski definition) is 1. The van der Waals surface area contributed by atoms with Crippen LogP contribution < -0.4 is 4.90 Å². The van der Waals surface area contributed by atoms with Gasteiger partial charge in [-0.15, -0.1) is 0 Å². The highest BCUT2D eigenvalue weighted by molar-refractivity contribution is 5.55. The van der Waals surface area contributed by atoms with Crippen molar-refractivity contribution >= 4 is 5.69 Å². The molecule has 18 heavy (non-hydrogen) atoms. The lowest BCUT2D eigenvalue weighted by atomic mass is 9.93. The van der Waals surface area contributed by atoms with Crippen LogP contribution in [0.5, 0.6) is 0 Å². The van der Waals surface area contributed by atoms with E-state index in [1.807, 2.05) is 19.1 Å². The molecule has 0 radical (unpaired) electrons. The lowest BCUT2D eigenvalue weighted by molar-refractivity contribution is 0.199. The monoisotopic (exact) mass is 247 g/mol. The quantitative estimate of drug-likeness (QED) is 0.872. The van der Waals surface area contributed by atoms with E-state index >= 15 is 0 Å². The standard InChI is InChI=1S/C16H25NO/c1-3-17(14-9-5-4-6-10-14)16-12-8-7-11-15(16)13(2)18/h7-8,11-14,18H,3-6,9-10H2,1-2H3. The Labute approximate surface area is 111 Å². The second kappa shape index (κ2) is 6.24. The van der Waals surface area contributed by atoms with Gasteiger partial charge >= 0.3 is 0 Å². The molecular formula is C16H25NO. The predicted octanol–water partition coefficient (Wildman–Crippen LogP) is 3.90. The molecule has 0 amide bonds. The maximum absolute atomic E-state index is 9.92. The molecule has 1 aliphatic carbocycles. The van der Waals surface area contributed by atoms with Crippen molar-refractivity contribution in [2.24, 2.45) is 0 Å². The summed E-state index contributed by atoms with van der Waals surface area (Å²) < 4.78 is 0. The first-order chi connectivity index (χ1) is 8.74. The minimum absolute atomic E-state index is 0.390. The van der Waals surface area contributed by atoms with Crippen molar-refractivity contribution in [2.45, 2.75) is 58.1 Å². The Hall–Kier alpha value is -1.02. The summed E-state index contributed by atoms with van der Waals surface area (Å²) in [5.74, 6) is 0. The molecule has 1 atom stereocenters. The summed E-state index contributed by atoms with van der Waals surface area (Å²) in [6.07, 6.45) is 6.27. The van der Waals surface area contributed by atoms with Gasteiger partial charge in [-0.05, 0) is 32.8 Å². The van der Waals surface area contributed by atoms with Crippen molar-refractivity contribution in [2.75, 3.05) is 11.4 Å². The van der Waals surface area contributed by atoms with E-state index < -0.39 is 0 Å². The molecule has 0 aliphatic heterocycles. The fraction of sp³-hybridized carbons (Fsp3) is 0.625. The van der Waals surface area contributed by atoms with Crippen LogP contribution >= 0.6 is 0 Å². The molecule has 0 aromatic heterocycles. The van der Waals surface area contributed by atoms with E-state index in [-0.39, 0.29) is 6.10 Å². The van der Waals surface area contributed by atoms with Gasteiger partial charge in [-0.3, -0.25) is 0 Å². The molecule has 1 saturated carbocycles. The molecule has 2 heteroatoms. The number of aliphatic hydroxyl groups excluding tert-OH is 1. The van der Waals surface area contributed by atoms with E-state index in [9.17, 15) is 5.11 Å². The molecule has 1 fully saturated rings. The minimum Gasteiger partial charge on any atom is -0.389 e. The maximum atomic E-state index is 9.92. The topological polar surface area (TPSA) is 23.5 Å². The van der Waals surface area contributed by atoms with Crippen LogP contribution in [0.15, 0.2) is 24.3 Å². The largest absolute Gasteiger partial charge is 0.389 e. The van der Waals surface area contributed by atoms with Gasteiger partial charge < -0.3 is 10.0 Å². The first-order valence-electron chi connectivity index (χ1n) is 7.27. The third-order valence-corrected chi connectivity index (χ3v) is 4.05. The third-order valence-electron chi connectivity index (χ3n) is 4.05. The summed E-state index contributed by atoms with van der Waals surface area (Å²) in [7, 11) is 0. The Morgan fingerprint density at radius 3 is 2.50 bits per heavy atom. The van der Waals surface area contributed by atoms with Gasteiger partial charge in [0.1, 0.15) is 0 Å². The second-order valence-electron chi connectivity index (χ2n) is 5.31. The van der Waals surface area contributed by atoms with E-state index in [2.05, 4.69) is 24.0 Å². The van der Waals surface area contributed by atoms with Gasteiger partial charge in [0.15, 0.2) is 0 Å². The summed E-state index contributed by atoms with van der Waals surface area (Å²) in [5, 5.41) is 9.92. The van der Waals surface area contributed by atoms with Crippen molar-refractivity contribution < 1.29 is 5.11 Å². The third kappa shape index (κ3) is 2.86. The molecule has 1 unspecified atom stereocenters. The fourth-order valence-electron chi connectivity index (χ4n) is 3.12. The Bertz CT molecular complexity index is 369. The summed E-state index contributed by atoms with van der Waals surface area (Å²) in [5.41, 5.74) is 2.28. The molecule has 0 saturated heterocycles. The second-order valence-corrected chi connectivity index (χ2v) is 5.31. The minimum atomic E-state index is -0.390. The highest BCUT2D eigenvalue weighted by Gasteiger charge is 2.22. The van der Waals surface area contributed by atoms with Crippen LogP contribution in [0.25, 0.3) is 0 Å². The number of rotatable bonds is 4.